The van der Waals surface area contributed by atoms with Crippen LogP contribution in [0.4, 0.5) is 0 Å². The molecule has 2 aromatic carbocycles. The summed E-state index contributed by atoms with van der Waals surface area (Å²) in [6.07, 6.45) is 0. The summed E-state index contributed by atoms with van der Waals surface area (Å²) in [5.41, 5.74) is 2.36. The zero-order chi connectivity index (χ0) is 19.3. The summed E-state index contributed by atoms with van der Waals surface area (Å²) in [4.78, 5) is 4.82. The highest BCUT2D eigenvalue weighted by Crippen LogP contribution is 2.29. The average Bonchev–Trinajstić information content (AvgIpc) is 3.18. The predicted octanol–water partition coefficient (Wildman–Crippen LogP) is 2.07. The molecule has 0 spiro atoms. The van der Waals surface area contributed by atoms with Gasteiger partial charge in [-0.05, 0) is 40.7 Å². The van der Waals surface area contributed by atoms with Crippen molar-refractivity contribution in [2.24, 2.45) is 0 Å². The molecule has 1 aliphatic rings. The Bertz CT molecular complexity index is 871. The first-order chi connectivity index (χ1) is 13.7. The van der Waals surface area contributed by atoms with Crippen LogP contribution in [-0.2, 0) is 6.54 Å². The van der Waals surface area contributed by atoms with Crippen molar-refractivity contribution in [1.29, 1.82) is 0 Å². The number of benzene rings is 2. The molecule has 1 atom stereocenters. The number of nitrogens with zero attached hydrogens (tertiary/aromatic N) is 6. The molecule has 0 bridgehead atoms. The molecule has 0 unspecified atom stereocenters. The van der Waals surface area contributed by atoms with Gasteiger partial charge >= 0.3 is 0 Å². The molecule has 0 aliphatic carbocycles. The zero-order valence-electron chi connectivity index (χ0n) is 16.4. The fourth-order valence-corrected chi connectivity index (χ4v) is 3.67. The van der Waals surface area contributed by atoms with Crippen molar-refractivity contribution in [3.63, 3.8) is 0 Å². The van der Waals surface area contributed by atoms with Gasteiger partial charge in [0.1, 0.15) is 5.75 Å². The second-order valence-corrected chi connectivity index (χ2v) is 7.20. The highest BCUT2D eigenvalue weighted by molar-refractivity contribution is 5.32. The maximum absolute atomic E-state index is 5.34. The average molecular weight is 378 g/mol. The van der Waals surface area contributed by atoms with Crippen LogP contribution in [-0.4, -0.2) is 70.3 Å². The fraction of sp³-hybridized carbons (Fsp3) is 0.381. The third-order valence-corrected chi connectivity index (χ3v) is 5.31. The number of rotatable bonds is 6. The molecule has 1 saturated heterocycles. The van der Waals surface area contributed by atoms with E-state index in [0.717, 1.165) is 37.8 Å². The van der Waals surface area contributed by atoms with E-state index in [1.165, 1.54) is 11.1 Å². The van der Waals surface area contributed by atoms with E-state index in [4.69, 9.17) is 4.74 Å². The Morgan fingerprint density at radius 3 is 2.36 bits per heavy atom. The number of ether oxygens (including phenoxy) is 1. The highest BCUT2D eigenvalue weighted by Gasteiger charge is 2.30. The van der Waals surface area contributed by atoms with Crippen molar-refractivity contribution in [3.05, 3.63) is 71.5 Å². The Hall–Kier alpha value is -2.77. The SMILES string of the molecule is COc1ccc([C@@H](c2nnnn2Cc2ccccc2)N2CCN(C)CC2)cc1. The fourth-order valence-electron chi connectivity index (χ4n) is 3.67. The van der Waals surface area contributed by atoms with Crippen LogP contribution >= 0.6 is 0 Å². The second-order valence-electron chi connectivity index (χ2n) is 7.20. The lowest BCUT2D eigenvalue weighted by Crippen LogP contribution is -2.46. The van der Waals surface area contributed by atoms with E-state index in [9.17, 15) is 0 Å². The van der Waals surface area contributed by atoms with Crippen LogP contribution in [0.1, 0.15) is 23.0 Å². The van der Waals surface area contributed by atoms with E-state index in [0.29, 0.717) is 6.54 Å². The van der Waals surface area contributed by atoms with E-state index < -0.39 is 0 Å². The summed E-state index contributed by atoms with van der Waals surface area (Å²) in [7, 11) is 3.85. The zero-order valence-corrected chi connectivity index (χ0v) is 16.4. The lowest BCUT2D eigenvalue weighted by Gasteiger charge is -2.37. The van der Waals surface area contributed by atoms with Gasteiger partial charge in [-0.15, -0.1) is 5.10 Å². The number of piperazine rings is 1. The molecule has 7 heteroatoms. The Morgan fingerprint density at radius 2 is 1.68 bits per heavy atom. The van der Waals surface area contributed by atoms with Gasteiger partial charge in [-0.2, -0.15) is 0 Å². The van der Waals surface area contributed by atoms with Crippen LogP contribution in [0.25, 0.3) is 0 Å². The van der Waals surface area contributed by atoms with Gasteiger partial charge in [-0.1, -0.05) is 42.5 Å². The Labute approximate surface area is 165 Å². The molecule has 1 aromatic heterocycles. The normalized spacial score (nSPS) is 16.8. The summed E-state index contributed by atoms with van der Waals surface area (Å²) in [6.45, 7) is 4.68. The lowest BCUT2D eigenvalue weighted by molar-refractivity contribution is 0.121. The second kappa shape index (κ2) is 8.50. The van der Waals surface area contributed by atoms with Crippen LogP contribution < -0.4 is 4.74 Å². The van der Waals surface area contributed by atoms with Gasteiger partial charge in [-0.3, -0.25) is 4.90 Å². The molecule has 146 valence electrons. The molecule has 28 heavy (non-hydrogen) atoms. The maximum atomic E-state index is 5.34. The number of hydrogen-bond donors (Lipinski definition) is 0. The van der Waals surface area contributed by atoms with Gasteiger partial charge in [0.25, 0.3) is 0 Å². The van der Waals surface area contributed by atoms with E-state index in [-0.39, 0.29) is 6.04 Å². The van der Waals surface area contributed by atoms with Crippen molar-refractivity contribution < 1.29 is 4.74 Å². The minimum absolute atomic E-state index is 0.0123. The van der Waals surface area contributed by atoms with E-state index >= 15 is 0 Å². The molecular weight excluding hydrogens is 352 g/mol. The topological polar surface area (TPSA) is 59.3 Å². The molecule has 0 saturated carbocycles. The predicted molar refractivity (Wildman–Crippen MR) is 107 cm³/mol. The van der Waals surface area contributed by atoms with Crippen molar-refractivity contribution in [2.45, 2.75) is 12.6 Å². The lowest BCUT2D eigenvalue weighted by atomic mass is 10.0. The third-order valence-electron chi connectivity index (χ3n) is 5.31. The minimum Gasteiger partial charge on any atom is -0.497 e. The minimum atomic E-state index is 0.0123. The Kier molecular flexibility index (Phi) is 5.64. The molecule has 2 heterocycles. The van der Waals surface area contributed by atoms with Gasteiger partial charge < -0.3 is 9.64 Å². The van der Waals surface area contributed by atoms with Crippen molar-refractivity contribution in [1.82, 2.24) is 30.0 Å². The standard InChI is InChI=1S/C21H26N6O/c1-25-12-14-26(15-13-25)20(18-8-10-19(28-2)11-9-18)21-22-23-24-27(21)16-17-6-4-3-5-7-17/h3-11,20H,12-16H2,1-2H3/t20-/m0/s1. The van der Waals surface area contributed by atoms with Crippen molar-refractivity contribution in [3.8, 4) is 5.75 Å². The van der Waals surface area contributed by atoms with Crippen LogP contribution in [0.2, 0.25) is 0 Å². The van der Waals surface area contributed by atoms with Crippen LogP contribution in [0.5, 0.6) is 5.75 Å². The number of hydrogen-bond acceptors (Lipinski definition) is 6. The molecular formula is C21H26N6O. The van der Waals surface area contributed by atoms with E-state index in [1.54, 1.807) is 7.11 Å². The summed E-state index contributed by atoms with van der Waals surface area (Å²) in [5.74, 6) is 1.73. The van der Waals surface area contributed by atoms with E-state index in [1.807, 2.05) is 35.0 Å². The van der Waals surface area contributed by atoms with Gasteiger partial charge in [-0.25, -0.2) is 4.68 Å². The van der Waals surface area contributed by atoms with Crippen molar-refractivity contribution in [2.75, 3.05) is 40.3 Å². The van der Waals surface area contributed by atoms with Gasteiger partial charge in [0.05, 0.1) is 19.7 Å². The quantitative estimate of drug-likeness (QED) is 0.654. The molecule has 0 N–H and O–H groups in total. The number of methoxy groups -OCH3 is 1. The number of tetrazole rings is 1. The summed E-state index contributed by atoms with van der Waals surface area (Å²) in [5, 5.41) is 12.7. The molecule has 0 amide bonds. The number of aromatic nitrogens is 4. The third kappa shape index (κ3) is 4.05. The summed E-state index contributed by atoms with van der Waals surface area (Å²) in [6, 6.07) is 18.6. The smallest absolute Gasteiger partial charge is 0.173 e. The summed E-state index contributed by atoms with van der Waals surface area (Å²) >= 11 is 0. The summed E-state index contributed by atoms with van der Waals surface area (Å²) < 4.78 is 7.26. The molecule has 1 fully saturated rings. The maximum Gasteiger partial charge on any atom is 0.173 e. The first-order valence-corrected chi connectivity index (χ1v) is 9.61. The molecule has 7 nitrogen and oxygen atoms in total. The molecule has 4 rings (SSSR count). The monoisotopic (exact) mass is 378 g/mol. The highest BCUT2D eigenvalue weighted by atomic mass is 16.5. The Balaban J connectivity index is 1.68. The molecule has 3 aromatic rings. The van der Waals surface area contributed by atoms with Crippen LogP contribution in [0, 0.1) is 0 Å². The molecule has 0 radical (unpaired) electrons. The number of likely N-dealkylation sites (N-methyl/N-ethyl adjacent to an activating group) is 1. The Morgan fingerprint density at radius 1 is 0.964 bits per heavy atom. The van der Waals surface area contributed by atoms with Crippen LogP contribution in [0.3, 0.4) is 0 Å². The van der Waals surface area contributed by atoms with Gasteiger partial charge in [0, 0.05) is 26.2 Å². The van der Waals surface area contributed by atoms with Gasteiger partial charge in [0.2, 0.25) is 0 Å². The van der Waals surface area contributed by atoms with E-state index in [2.05, 4.69) is 56.6 Å². The van der Waals surface area contributed by atoms with Crippen molar-refractivity contribution >= 4 is 0 Å². The first kappa shape index (κ1) is 18.6. The van der Waals surface area contributed by atoms with Gasteiger partial charge in [0.15, 0.2) is 5.82 Å². The van der Waals surface area contributed by atoms with Crippen LogP contribution in [0.15, 0.2) is 54.6 Å². The largest absolute Gasteiger partial charge is 0.497 e. The first-order valence-electron chi connectivity index (χ1n) is 9.61. The molecule has 1 aliphatic heterocycles.